The van der Waals surface area contributed by atoms with Crippen LogP contribution in [0.1, 0.15) is 25.0 Å². The van der Waals surface area contributed by atoms with Crippen molar-refractivity contribution < 1.29 is 14.1 Å². The number of furan rings is 1. The molecule has 1 aliphatic heterocycles. The number of hydrazine groups is 1. The quantitative estimate of drug-likeness (QED) is 0.452. The van der Waals surface area contributed by atoms with Gasteiger partial charge in [-0.15, -0.1) is 0 Å². The molecule has 1 fully saturated rings. The summed E-state index contributed by atoms with van der Waals surface area (Å²) < 4.78 is 4.86. The molecule has 0 saturated carbocycles. The average molecular weight is 295 g/mol. The second-order valence-electron chi connectivity index (χ2n) is 4.61. The molecule has 2 heterocycles. The fraction of sp³-hybridized carbons (Fsp3) is 0.500. The lowest BCUT2D eigenvalue weighted by atomic mass is 10.2. The molecular formula is C12H17N5O4. The van der Waals surface area contributed by atoms with E-state index in [0.29, 0.717) is 0 Å². The highest BCUT2D eigenvalue weighted by molar-refractivity contribution is 5.81. The molecular weight excluding hydrogens is 278 g/mol. The summed E-state index contributed by atoms with van der Waals surface area (Å²) >= 11 is 0. The van der Waals surface area contributed by atoms with Crippen molar-refractivity contribution in [1.29, 1.82) is 0 Å². The number of carbonyl (C=O) groups excluding carboxylic acids is 1. The van der Waals surface area contributed by atoms with Crippen LogP contribution in [0, 0.1) is 10.1 Å². The van der Waals surface area contributed by atoms with Gasteiger partial charge in [0.2, 0.25) is 0 Å². The molecule has 0 bridgehead atoms. The number of nitrogens with one attached hydrogen (secondary N) is 2. The van der Waals surface area contributed by atoms with Gasteiger partial charge >= 0.3 is 5.88 Å². The number of carbonyl (C=O) groups is 1. The van der Waals surface area contributed by atoms with Crippen molar-refractivity contribution in [3.8, 4) is 0 Å². The summed E-state index contributed by atoms with van der Waals surface area (Å²) in [7, 11) is 0. The summed E-state index contributed by atoms with van der Waals surface area (Å²) in [6.45, 7) is 2.01. The van der Waals surface area contributed by atoms with Crippen molar-refractivity contribution in [1.82, 2.24) is 15.9 Å². The summed E-state index contributed by atoms with van der Waals surface area (Å²) in [6.07, 6.45) is 4.70. The number of amides is 1. The molecule has 9 heteroatoms. The lowest BCUT2D eigenvalue weighted by molar-refractivity contribution is -0.402. The van der Waals surface area contributed by atoms with E-state index >= 15 is 0 Å². The molecule has 0 radical (unpaired) electrons. The predicted molar refractivity (Wildman–Crippen MR) is 74.5 cm³/mol. The number of hydrogen-bond acceptors (Lipinski definition) is 7. The maximum absolute atomic E-state index is 11.5. The third-order valence-electron chi connectivity index (χ3n) is 2.99. The Morgan fingerprint density at radius 1 is 1.43 bits per heavy atom. The Bertz CT molecular complexity index is 521. The molecule has 9 nitrogen and oxygen atoms in total. The molecule has 21 heavy (non-hydrogen) atoms. The van der Waals surface area contributed by atoms with Crippen LogP contribution in [-0.2, 0) is 4.79 Å². The molecule has 0 aliphatic carbocycles. The van der Waals surface area contributed by atoms with E-state index in [1.807, 2.05) is 5.01 Å². The standard InChI is InChI=1S/C12H17N5O4/c18-11(9-14-16-6-2-1-3-7-16)15-13-8-10-4-5-12(21-10)17(19)20/h4-5,8,14H,1-3,6-7,9H2,(H,15,18)/b13-8+. The first kappa shape index (κ1) is 15.1. The number of nitrogens with zero attached hydrogens (tertiary/aromatic N) is 3. The molecule has 1 aliphatic rings. The Balaban J connectivity index is 1.69. The van der Waals surface area contributed by atoms with E-state index in [9.17, 15) is 14.9 Å². The highest BCUT2D eigenvalue weighted by atomic mass is 16.6. The maximum Gasteiger partial charge on any atom is 0.433 e. The number of nitro groups is 1. The smallest absolute Gasteiger partial charge is 0.400 e. The summed E-state index contributed by atoms with van der Waals surface area (Å²) in [6, 6.07) is 2.63. The van der Waals surface area contributed by atoms with Gasteiger partial charge in [-0.05, 0) is 18.9 Å². The van der Waals surface area contributed by atoms with Crippen LogP contribution in [0.25, 0.3) is 0 Å². The summed E-state index contributed by atoms with van der Waals surface area (Å²) in [5, 5.41) is 16.1. The molecule has 0 atom stereocenters. The van der Waals surface area contributed by atoms with Crippen molar-refractivity contribution in [2.75, 3.05) is 19.6 Å². The fourth-order valence-electron chi connectivity index (χ4n) is 1.95. The summed E-state index contributed by atoms with van der Waals surface area (Å²) in [5.41, 5.74) is 5.34. The van der Waals surface area contributed by atoms with Gasteiger partial charge in [-0.2, -0.15) is 5.10 Å². The number of rotatable bonds is 6. The lowest BCUT2D eigenvalue weighted by Crippen LogP contribution is -2.45. The Kier molecular flexibility index (Phi) is 5.41. The summed E-state index contributed by atoms with van der Waals surface area (Å²) in [5.74, 6) is -0.460. The van der Waals surface area contributed by atoms with Crippen molar-refractivity contribution in [3.63, 3.8) is 0 Å². The van der Waals surface area contributed by atoms with Crippen molar-refractivity contribution in [3.05, 3.63) is 28.0 Å². The topological polar surface area (TPSA) is 113 Å². The van der Waals surface area contributed by atoms with E-state index in [2.05, 4.69) is 16.0 Å². The van der Waals surface area contributed by atoms with Crippen LogP contribution in [0.5, 0.6) is 0 Å². The van der Waals surface area contributed by atoms with Crippen LogP contribution >= 0.6 is 0 Å². The van der Waals surface area contributed by atoms with Gasteiger partial charge in [0.15, 0.2) is 5.76 Å². The van der Waals surface area contributed by atoms with Crippen molar-refractivity contribution in [2.45, 2.75) is 19.3 Å². The monoisotopic (exact) mass is 295 g/mol. The van der Waals surface area contributed by atoms with E-state index in [4.69, 9.17) is 4.42 Å². The first-order valence-electron chi connectivity index (χ1n) is 6.70. The van der Waals surface area contributed by atoms with Gasteiger partial charge in [-0.3, -0.25) is 14.9 Å². The van der Waals surface area contributed by atoms with Crippen LogP contribution in [0.3, 0.4) is 0 Å². The normalized spacial score (nSPS) is 16.2. The molecule has 0 aromatic carbocycles. The highest BCUT2D eigenvalue weighted by Crippen LogP contribution is 2.13. The molecule has 1 aromatic rings. The molecule has 1 aromatic heterocycles. The minimum atomic E-state index is -0.640. The van der Waals surface area contributed by atoms with E-state index in [1.165, 1.54) is 24.8 Å². The minimum Gasteiger partial charge on any atom is -0.400 e. The lowest BCUT2D eigenvalue weighted by Gasteiger charge is -2.26. The maximum atomic E-state index is 11.5. The van der Waals surface area contributed by atoms with Crippen LogP contribution in [0.2, 0.25) is 0 Å². The fourth-order valence-corrected chi connectivity index (χ4v) is 1.95. The zero-order chi connectivity index (χ0) is 15.1. The molecule has 0 spiro atoms. The van der Waals surface area contributed by atoms with E-state index < -0.39 is 4.92 Å². The Morgan fingerprint density at radius 3 is 2.86 bits per heavy atom. The largest absolute Gasteiger partial charge is 0.433 e. The molecule has 2 N–H and O–H groups in total. The highest BCUT2D eigenvalue weighted by Gasteiger charge is 2.11. The second-order valence-corrected chi connectivity index (χ2v) is 4.61. The van der Waals surface area contributed by atoms with Crippen LogP contribution in [0.15, 0.2) is 21.7 Å². The van der Waals surface area contributed by atoms with Gasteiger partial charge in [0, 0.05) is 13.1 Å². The Labute approximate surface area is 121 Å². The van der Waals surface area contributed by atoms with Gasteiger partial charge in [0.05, 0.1) is 18.8 Å². The SMILES string of the molecule is O=C(CNN1CCCCC1)N/N=C/c1ccc([N+](=O)[O-])o1. The van der Waals surface area contributed by atoms with Crippen molar-refractivity contribution in [2.24, 2.45) is 5.10 Å². The van der Waals surface area contributed by atoms with Gasteiger partial charge in [0.1, 0.15) is 4.92 Å². The molecule has 2 rings (SSSR count). The predicted octanol–water partition coefficient (Wildman–Crippen LogP) is 0.628. The number of hydrazone groups is 1. The first-order valence-corrected chi connectivity index (χ1v) is 6.70. The zero-order valence-corrected chi connectivity index (χ0v) is 11.4. The molecule has 114 valence electrons. The van der Waals surface area contributed by atoms with Gasteiger partial charge in [-0.25, -0.2) is 15.9 Å². The van der Waals surface area contributed by atoms with Gasteiger partial charge in [0.25, 0.3) is 5.91 Å². The Morgan fingerprint density at radius 2 is 2.19 bits per heavy atom. The number of piperidine rings is 1. The second kappa shape index (κ2) is 7.50. The van der Waals surface area contributed by atoms with Gasteiger partial charge in [-0.1, -0.05) is 6.42 Å². The van der Waals surface area contributed by atoms with E-state index in [0.717, 1.165) is 25.9 Å². The van der Waals surface area contributed by atoms with Crippen molar-refractivity contribution >= 4 is 18.0 Å². The van der Waals surface area contributed by atoms with Crippen LogP contribution in [-0.4, -0.2) is 41.7 Å². The minimum absolute atomic E-state index is 0.135. The van der Waals surface area contributed by atoms with Crippen LogP contribution in [0.4, 0.5) is 5.88 Å². The van der Waals surface area contributed by atoms with E-state index in [-0.39, 0.29) is 24.1 Å². The molecule has 0 unspecified atom stereocenters. The first-order chi connectivity index (χ1) is 10.1. The zero-order valence-electron chi connectivity index (χ0n) is 11.4. The average Bonchev–Trinajstić information content (AvgIpc) is 2.95. The van der Waals surface area contributed by atoms with E-state index in [1.54, 1.807) is 0 Å². The Hall–Kier alpha value is -2.26. The molecule has 1 saturated heterocycles. The van der Waals surface area contributed by atoms with Gasteiger partial charge < -0.3 is 4.42 Å². The number of hydrogen-bond donors (Lipinski definition) is 2. The third kappa shape index (κ3) is 4.97. The molecule has 1 amide bonds. The third-order valence-corrected chi connectivity index (χ3v) is 2.99. The van der Waals surface area contributed by atoms with Crippen LogP contribution < -0.4 is 10.9 Å². The summed E-state index contributed by atoms with van der Waals surface area (Å²) in [4.78, 5) is 21.3.